The quantitative estimate of drug-likeness (QED) is 0.916. The van der Waals surface area contributed by atoms with E-state index in [0.717, 1.165) is 5.69 Å². The van der Waals surface area contributed by atoms with E-state index in [1.165, 1.54) is 25.4 Å². The fourth-order valence-electron chi connectivity index (χ4n) is 1.82. The summed E-state index contributed by atoms with van der Waals surface area (Å²) < 4.78 is 33.8. The third kappa shape index (κ3) is 2.77. The van der Waals surface area contributed by atoms with Crippen molar-refractivity contribution in [2.24, 2.45) is 0 Å². The first-order valence-corrected chi connectivity index (χ1v) is 7.65. The number of aromatic nitrogens is 2. The number of sulfonamides is 1. The van der Waals surface area contributed by atoms with Crippen LogP contribution in [0.15, 0.2) is 35.4 Å². The molecule has 0 amide bonds. The van der Waals surface area contributed by atoms with E-state index in [2.05, 4.69) is 9.82 Å². The van der Waals surface area contributed by atoms with Gasteiger partial charge in [0.05, 0.1) is 29.6 Å². The van der Waals surface area contributed by atoms with Crippen LogP contribution in [0.25, 0.3) is 0 Å². The molecule has 1 aromatic carbocycles. The Morgan fingerprint density at radius 3 is 2.45 bits per heavy atom. The summed E-state index contributed by atoms with van der Waals surface area (Å²) in [6.45, 7) is 4.46. The van der Waals surface area contributed by atoms with Crippen LogP contribution in [-0.2, 0) is 16.6 Å². The Labute approximate surface area is 118 Å². The molecule has 20 heavy (non-hydrogen) atoms. The van der Waals surface area contributed by atoms with Crippen molar-refractivity contribution in [3.63, 3.8) is 0 Å². The summed E-state index contributed by atoms with van der Waals surface area (Å²) in [4.78, 5) is 0.182. The van der Waals surface area contributed by atoms with Crippen LogP contribution >= 0.6 is 0 Å². The van der Waals surface area contributed by atoms with E-state index in [-0.39, 0.29) is 4.90 Å². The fourth-order valence-corrected chi connectivity index (χ4v) is 2.93. The number of hydrogen-bond donors (Lipinski definition) is 1. The number of anilines is 1. The first-order valence-electron chi connectivity index (χ1n) is 6.17. The third-order valence-electron chi connectivity index (χ3n) is 3.02. The van der Waals surface area contributed by atoms with E-state index >= 15 is 0 Å². The molecular weight excluding hydrogens is 278 g/mol. The van der Waals surface area contributed by atoms with Crippen LogP contribution in [0.3, 0.4) is 0 Å². The summed E-state index contributed by atoms with van der Waals surface area (Å²) in [7, 11) is -2.08. The second-order valence-corrected chi connectivity index (χ2v) is 5.92. The topological polar surface area (TPSA) is 73.2 Å². The third-order valence-corrected chi connectivity index (χ3v) is 4.40. The maximum absolute atomic E-state index is 12.3. The Hall–Kier alpha value is -2.02. The van der Waals surface area contributed by atoms with Crippen LogP contribution in [0.2, 0.25) is 0 Å². The van der Waals surface area contributed by atoms with Crippen molar-refractivity contribution in [3.8, 4) is 5.75 Å². The van der Waals surface area contributed by atoms with Crippen LogP contribution in [0.5, 0.6) is 5.75 Å². The van der Waals surface area contributed by atoms with Crippen molar-refractivity contribution in [1.82, 2.24) is 9.78 Å². The van der Waals surface area contributed by atoms with Gasteiger partial charge in [-0.3, -0.25) is 9.40 Å². The van der Waals surface area contributed by atoms with Gasteiger partial charge in [-0.15, -0.1) is 0 Å². The molecule has 0 aliphatic rings. The molecule has 1 N–H and O–H groups in total. The minimum absolute atomic E-state index is 0.182. The minimum Gasteiger partial charge on any atom is -0.497 e. The predicted octanol–water partition coefficient (Wildman–Crippen LogP) is 2.02. The van der Waals surface area contributed by atoms with E-state index in [9.17, 15) is 8.42 Å². The number of benzene rings is 1. The van der Waals surface area contributed by atoms with Gasteiger partial charge >= 0.3 is 0 Å². The number of nitrogens with zero attached hydrogens (tertiary/aromatic N) is 2. The largest absolute Gasteiger partial charge is 0.497 e. The SMILES string of the molecule is CCn1ncc(NS(=O)(=O)c2ccc(OC)cc2)c1C. The Balaban J connectivity index is 2.28. The zero-order valence-electron chi connectivity index (χ0n) is 11.6. The molecule has 6 nitrogen and oxygen atoms in total. The lowest BCUT2D eigenvalue weighted by Gasteiger charge is -2.08. The highest BCUT2D eigenvalue weighted by Gasteiger charge is 2.17. The molecule has 0 atom stereocenters. The molecule has 0 radical (unpaired) electrons. The zero-order chi connectivity index (χ0) is 14.8. The van der Waals surface area contributed by atoms with E-state index in [0.29, 0.717) is 18.0 Å². The van der Waals surface area contributed by atoms with Crippen LogP contribution in [-0.4, -0.2) is 25.3 Å². The van der Waals surface area contributed by atoms with Gasteiger partial charge < -0.3 is 4.74 Å². The highest BCUT2D eigenvalue weighted by atomic mass is 32.2. The van der Waals surface area contributed by atoms with Crippen molar-refractivity contribution >= 4 is 15.7 Å². The molecule has 0 bridgehead atoms. The number of aryl methyl sites for hydroxylation is 1. The standard InChI is InChI=1S/C13H17N3O3S/c1-4-16-10(2)13(9-14-16)15-20(17,18)12-7-5-11(19-3)6-8-12/h5-9,15H,4H2,1-3H3. The lowest BCUT2D eigenvalue weighted by Crippen LogP contribution is -2.13. The lowest BCUT2D eigenvalue weighted by molar-refractivity contribution is 0.414. The molecule has 0 spiro atoms. The average Bonchev–Trinajstić information content (AvgIpc) is 2.79. The van der Waals surface area contributed by atoms with Crippen molar-refractivity contribution < 1.29 is 13.2 Å². The summed E-state index contributed by atoms with van der Waals surface area (Å²) in [5.41, 5.74) is 1.27. The molecule has 7 heteroatoms. The van der Waals surface area contributed by atoms with Crippen molar-refractivity contribution in [2.75, 3.05) is 11.8 Å². The smallest absolute Gasteiger partial charge is 0.262 e. The molecule has 1 heterocycles. The molecular formula is C13H17N3O3S. The summed E-state index contributed by atoms with van der Waals surface area (Å²) >= 11 is 0. The first kappa shape index (κ1) is 14.4. The summed E-state index contributed by atoms with van der Waals surface area (Å²) in [6.07, 6.45) is 1.51. The Morgan fingerprint density at radius 2 is 1.95 bits per heavy atom. The fraction of sp³-hybridized carbons (Fsp3) is 0.308. The normalized spacial score (nSPS) is 11.3. The molecule has 0 unspecified atom stereocenters. The van der Waals surface area contributed by atoms with Crippen molar-refractivity contribution in [3.05, 3.63) is 36.2 Å². The van der Waals surface area contributed by atoms with Crippen LogP contribution in [0.1, 0.15) is 12.6 Å². The van der Waals surface area contributed by atoms with Crippen LogP contribution in [0.4, 0.5) is 5.69 Å². The van der Waals surface area contributed by atoms with E-state index in [4.69, 9.17) is 4.74 Å². The van der Waals surface area contributed by atoms with E-state index in [1.54, 1.807) is 16.8 Å². The van der Waals surface area contributed by atoms with Crippen molar-refractivity contribution in [2.45, 2.75) is 25.3 Å². The van der Waals surface area contributed by atoms with Crippen molar-refractivity contribution in [1.29, 1.82) is 0 Å². The summed E-state index contributed by atoms with van der Waals surface area (Å²) in [5.74, 6) is 0.610. The number of rotatable bonds is 5. The molecule has 0 saturated heterocycles. The van der Waals surface area contributed by atoms with Gasteiger partial charge in [-0.2, -0.15) is 5.10 Å². The average molecular weight is 295 g/mol. The molecule has 2 aromatic rings. The van der Waals surface area contributed by atoms with E-state index < -0.39 is 10.0 Å². The number of hydrogen-bond acceptors (Lipinski definition) is 4. The molecule has 108 valence electrons. The van der Waals surface area contributed by atoms with Crippen LogP contribution < -0.4 is 9.46 Å². The maximum atomic E-state index is 12.3. The minimum atomic E-state index is -3.61. The van der Waals surface area contributed by atoms with Gasteiger partial charge in [0.2, 0.25) is 0 Å². The zero-order valence-corrected chi connectivity index (χ0v) is 12.4. The van der Waals surface area contributed by atoms with Gasteiger partial charge in [0.15, 0.2) is 0 Å². The highest BCUT2D eigenvalue weighted by molar-refractivity contribution is 7.92. The predicted molar refractivity (Wildman–Crippen MR) is 76.4 cm³/mol. The van der Waals surface area contributed by atoms with Gasteiger partial charge in [0.1, 0.15) is 5.75 Å². The number of methoxy groups -OCH3 is 1. The van der Waals surface area contributed by atoms with Gasteiger partial charge in [-0.25, -0.2) is 8.42 Å². The van der Waals surface area contributed by atoms with E-state index in [1.807, 2.05) is 13.8 Å². The molecule has 0 aliphatic heterocycles. The van der Waals surface area contributed by atoms with Gasteiger partial charge in [0, 0.05) is 6.54 Å². The second-order valence-electron chi connectivity index (χ2n) is 4.24. The maximum Gasteiger partial charge on any atom is 0.262 e. The van der Waals surface area contributed by atoms with Gasteiger partial charge in [0.25, 0.3) is 10.0 Å². The summed E-state index contributed by atoms with van der Waals surface area (Å²) in [6, 6.07) is 6.22. The Kier molecular flexibility index (Phi) is 3.99. The summed E-state index contributed by atoms with van der Waals surface area (Å²) in [5, 5.41) is 4.11. The number of nitrogens with one attached hydrogen (secondary N) is 1. The molecule has 0 saturated carbocycles. The molecule has 0 fully saturated rings. The molecule has 1 aromatic heterocycles. The number of ether oxygens (including phenoxy) is 1. The second kappa shape index (κ2) is 5.54. The Morgan fingerprint density at radius 1 is 1.30 bits per heavy atom. The highest BCUT2D eigenvalue weighted by Crippen LogP contribution is 2.21. The Bertz CT molecular complexity index is 690. The lowest BCUT2D eigenvalue weighted by atomic mass is 10.3. The van der Waals surface area contributed by atoms with Gasteiger partial charge in [-0.05, 0) is 38.1 Å². The molecule has 0 aliphatic carbocycles. The first-order chi connectivity index (χ1) is 9.47. The monoisotopic (exact) mass is 295 g/mol. The van der Waals surface area contributed by atoms with Gasteiger partial charge in [-0.1, -0.05) is 0 Å². The van der Waals surface area contributed by atoms with Crippen LogP contribution in [0, 0.1) is 6.92 Å². The molecule has 2 rings (SSSR count).